The first-order valence-corrected chi connectivity index (χ1v) is 8.30. The molecular weight excluding hydrogens is 391 g/mol. The lowest BCUT2D eigenvalue weighted by molar-refractivity contribution is -0.131. The number of amides is 1. The Morgan fingerprint density at radius 2 is 1.64 bits per heavy atom. The molecule has 0 aliphatic rings. The summed E-state index contributed by atoms with van der Waals surface area (Å²) in [6.45, 7) is 14.0. The highest BCUT2D eigenvalue weighted by Gasteiger charge is 2.15. The van der Waals surface area contributed by atoms with Gasteiger partial charge in [0.25, 0.3) is 0 Å². The number of carbonyl (C=O) groups excluding carboxylic acids is 1. The van der Waals surface area contributed by atoms with Crippen LogP contribution in [0.2, 0.25) is 0 Å². The topological polar surface area (TPSA) is 47.9 Å². The van der Waals surface area contributed by atoms with E-state index < -0.39 is 0 Å². The molecule has 132 valence electrons. The van der Waals surface area contributed by atoms with E-state index in [0.717, 1.165) is 45.0 Å². The van der Waals surface area contributed by atoms with Gasteiger partial charge in [-0.15, -0.1) is 24.0 Å². The molecule has 0 aromatic rings. The molecule has 0 fully saturated rings. The summed E-state index contributed by atoms with van der Waals surface area (Å²) in [4.78, 5) is 20.6. The molecule has 0 saturated carbocycles. The fourth-order valence-corrected chi connectivity index (χ4v) is 2.19. The molecule has 1 N–H and O–H groups in total. The molecule has 6 heteroatoms. The van der Waals surface area contributed by atoms with Gasteiger partial charge in [0.05, 0.1) is 6.54 Å². The Kier molecular flexibility index (Phi) is 15.2. The highest BCUT2D eigenvalue weighted by atomic mass is 127. The minimum absolute atomic E-state index is 0. The predicted molar refractivity (Wildman–Crippen MR) is 106 cm³/mol. The summed E-state index contributed by atoms with van der Waals surface area (Å²) in [5.41, 5.74) is 0. The molecule has 0 aliphatic heterocycles. The van der Waals surface area contributed by atoms with E-state index in [2.05, 4.69) is 24.2 Å². The molecule has 0 bridgehead atoms. The van der Waals surface area contributed by atoms with Gasteiger partial charge in [0.2, 0.25) is 5.91 Å². The third kappa shape index (κ3) is 8.80. The lowest BCUT2D eigenvalue weighted by Gasteiger charge is -2.26. The van der Waals surface area contributed by atoms with Crippen molar-refractivity contribution in [3.8, 4) is 0 Å². The molecular formula is C16H35IN4O. The monoisotopic (exact) mass is 426 g/mol. The van der Waals surface area contributed by atoms with E-state index >= 15 is 0 Å². The summed E-state index contributed by atoms with van der Waals surface area (Å²) in [7, 11) is 1.93. The zero-order valence-corrected chi connectivity index (χ0v) is 17.5. The third-order valence-electron chi connectivity index (χ3n) is 3.84. The molecule has 0 radical (unpaired) electrons. The Balaban J connectivity index is 0. The number of halogens is 1. The number of aliphatic imine (C=N–C) groups is 1. The summed E-state index contributed by atoms with van der Waals surface area (Å²) in [5.74, 6) is 1.59. The van der Waals surface area contributed by atoms with Crippen LogP contribution >= 0.6 is 24.0 Å². The minimum Gasteiger partial charge on any atom is -0.357 e. The maximum absolute atomic E-state index is 12.2. The van der Waals surface area contributed by atoms with E-state index in [1.807, 2.05) is 37.6 Å². The average molecular weight is 426 g/mol. The Hall–Kier alpha value is -0.530. The second-order valence-electron chi connectivity index (χ2n) is 5.30. The van der Waals surface area contributed by atoms with Crippen LogP contribution in [0.25, 0.3) is 0 Å². The number of likely N-dealkylation sites (N-methyl/N-ethyl adjacent to an activating group) is 2. The molecule has 0 aromatic carbocycles. The van der Waals surface area contributed by atoms with Crippen LogP contribution in [0.3, 0.4) is 0 Å². The molecule has 0 heterocycles. The SMILES string of the molecule is CCNC(=NCC(CC)CC)N(C)CC(=O)N(CC)CC.I. The maximum Gasteiger partial charge on any atom is 0.242 e. The lowest BCUT2D eigenvalue weighted by Crippen LogP contribution is -2.45. The zero-order chi connectivity index (χ0) is 16.3. The summed E-state index contributed by atoms with van der Waals surface area (Å²) in [5, 5.41) is 3.27. The van der Waals surface area contributed by atoms with Crippen LogP contribution in [0.1, 0.15) is 47.5 Å². The van der Waals surface area contributed by atoms with Gasteiger partial charge in [0.15, 0.2) is 5.96 Å². The molecule has 22 heavy (non-hydrogen) atoms. The number of hydrogen-bond acceptors (Lipinski definition) is 2. The van der Waals surface area contributed by atoms with E-state index in [0.29, 0.717) is 12.5 Å². The molecule has 0 spiro atoms. The Morgan fingerprint density at radius 1 is 1.09 bits per heavy atom. The van der Waals surface area contributed by atoms with Crippen LogP contribution in [0.4, 0.5) is 0 Å². The van der Waals surface area contributed by atoms with E-state index in [1.165, 1.54) is 0 Å². The second-order valence-corrected chi connectivity index (χ2v) is 5.30. The van der Waals surface area contributed by atoms with Gasteiger partial charge in [0.1, 0.15) is 0 Å². The van der Waals surface area contributed by atoms with Crippen LogP contribution in [0.15, 0.2) is 4.99 Å². The number of carbonyl (C=O) groups is 1. The van der Waals surface area contributed by atoms with Gasteiger partial charge in [-0.1, -0.05) is 26.7 Å². The molecule has 0 atom stereocenters. The average Bonchev–Trinajstić information content (AvgIpc) is 2.48. The number of hydrogen-bond donors (Lipinski definition) is 1. The molecule has 0 rings (SSSR count). The normalized spacial score (nSPS) is 11.1. The van der Waals surface area contributed by atoms with Crippen LogP contribution in [0.5, 0.6) is 0 Å². The van der Waals surface area contributed by atoms with Gasteiger partial charge in [-0.3, -0.25) is 9.79 Å². The molecule has 5 nitrogen and oxygen atoms in total. The summed E-state index contributed by atoms with van der Waals surface area (Å²) >= 11 is 0. The van der Waals surface area contributed by atoms with Crippen LogP contribution in [-0.2, 0) is 4.79 Å². The zero-order valence-electron chi connectivity index (χ0n) is 15.2. The smallest absolute Gasteiger partial charge is 0.242 e. The van der Waals surface area contributed by atoms with Gasteiger partial charge in [-0.05, 0) is 26.7 Å². The summed E-state index contributed by atoms with van der Waals surface area (Å²) < 4.78 is 0. The molecule has 0 aromatic heterocycles. The number of guanidine groups is 1. The maximum atomic E-state index is 12.2. The quantitative estimate of drug-likeness (QED) is 0.351. The van der Waals surface area contributed by atoms with Crippen molar-refractivity contribution < 1.29 is 4.79 Å². The number of rotatable bonds is 9. The van der Waals surface area contributed by atoms with E-state index in [9.17, 15) is 4.79 Å². The van der Waals surface area contributed by atoms with Crippen molar-refractivity contribution in [2.24, 2.45) is 10.9 Å². The fraction of sp³-hybridized carbons (Fsp3) is 0.875. The highest BCUT2D eigenvalue weighted by molar-refractivity contribution is 14.0. The van der Waals surface area contributed by atoms with Crippen molar-refractivity contribution >= 4 is 35.8 Å². The fourth-order valence-electron chi connectivity index (χ4n) is 2.19. The van der Waals surface area contributed by atoms with Crippen molar-refractivity contribution in [1.82, 2.24) is 15.1 Å². The molecule has 1 amide bonds. The largest absolute Gasteiger partial charge is 0.357 e. The van der Waals surface area contributed by atoms with Crippen LogP contribution < -0.4 is 5.32 Å². The predicted octanol–water partition coefficient (Wildman–Crippen LogP) is 2.81. The second kappa shape index (κ2) is 14.1. The van der Waals surface area contributed by atoms with Crippen molar-refractivity contribution in [2.45, 2.75) is 47.5 Å². The third-order valence-corrected chi connectivity index (χ3v) is 3.84. The van der Waals surface area contributed by atoms with Gasteiger partial charge in [-0.2, -0.15) is 0 Å². The summed E-state index contributed by atoms with van der Waals surface area (Å²) in [6.07, 6.45) is 2.28. The van der Waals surface area contributed by atoms with Crippen molar-refractivity contribution in [3.63, 3.8) is 0 Å². The van der Waals surface area contributed by atoms with Crippen molar-refractivity contribution in [1.29, 1.82) is 0 Å². The van der Waals surface area contributed by atoms with Crippen LogP contribution in [-0.4, -0.2) is 61.4 Å². The Labute approximate surface area is 153 Å². The van der Waals surface area contributed by atoms with E-state index in [1.54, 1.807) is 0 Å². The van der Waals surface area contributed by atoms with Crippen molar-refractivity contribution in [3.05, 3.63) is 0 Å². The first kappa shape index (κ1) is 23.7. The van der Waals surface area contributed by atoms with Crippen LogP contribution in [0, 0.1) is 5.92 Å². The van der Waals surface area contributed by atoms with E-state index in [4.69, 9.17) is 0 Å². The first-order chi connectivity index (χ1) is 10.0. The van der Waals surface area contributed by atoms with Crippen molar-refractivity contribution in [2.75, 3.05) is 39.8 Å². The Bertz CT molecular complexity index is 315. The number of nitrogens with zero attached hydrogens (tertiary/aromatic N) is 3. The van der Waals surface area contributed by atoms with Gasteiger partial charge >= 0.3 is 0 Å². The molecule has 0 saturated heterocycles. The Morgan fingerprint density at radius 3 is 2.05 bits per heavy atom. The van der Waals surface area contributed by atoms with Gasteiger partial charge in [-0.25, -0.2) is 0 Å². The first-order valence-electron chi connectivity index (χ1n) is 8.30. The highest BCUT2D eigenvalue weighted by Crippen LogP contribution is 2.07. The van der Waals surface area contributed by atoms with E-state index in [-0.39, 0.29) is 29.9 Å². The summed E-state index contributed by atoms with van der Waals surface area (Å²) in [6, 6.07) is 0. The molecule has 0 aliphatic carbocycles. The van der Waals surface area contributed by atoms with Gasteiger partial charge in [0, 0.05) is 33.2 Å². The lowest BCUT2D eigenvalue weighted by atomic mass is 10.0. The van der Waals surface area contributed by atoms with Gasteiger partial charge < -0.3 is 15.1 Å². The standard InChI is InChI=1S/C16H34N4O.HI/c1-7-14(8-2)12-18-16(17-9-3)19(6)13-15(21)20(10-4)11-5;/h14H,7-13H2,1-6H3,(H,17,18);1H. The molecule has 0 unspecified atom stereocenters. The minimum atomic E-state index is 0. The number of nitrogens with one attached hydrogen (secondary N) is 1.